The van der Waals surface area contributed by atoms with Gasteiger partial charge in [0.1, 0.15) is 5.82 Å². The Morgan fingerprint density at radius 2 is 2.05 bits per heavy atom. The number of halogens is 1. The molecule has 0 unspecified atom stereocenters. The molecule has 6 heteroatoms. The van der Waals surface area contributed by atoms with Crippen LogP contribution in [0, 0.1) is 21.8 Å². The first-order valence-electron chi connectivity index (χ1n) is 7.30. The standard InChI is InChI=1S/C15H19FN2O3/c16-14-7-6-12(18(20)21)10-13(14)15(19)17-9-8-11-4-2-1-3-5-11/h6-7,10-11H,1-5,8-9H2,(H,17,19). The van der Waals surface area contributed by atoms with Gasteiger partial charge in [-0.1, -0.05) is 32.1 Å². The maximum atomic E-state index is 13.6. The van der Waals surface area contributed by atoms with E-state index in [2.05, 4.69) is 5.32 Å². The van der Waals surface area contributed by atoms with Crippen LogP contribution in [0.15, 0.2) is 18.2 Å². The number of hydrogen-bond donors (Lipinski definition) is 1. The van der Waals surface area contributed by atoms with Crippen LogP contribution in [0.1, 0.15) is 48.9 Å². The Balaban J connectivity index is 1.90. The molecule has 1 aliphatic rings. The molecule has 1 aromatic carbocycles. The van der Waals surface area contributed by atoms with E-state index in [4.69, 9.17) is 0 Å². The van der Waals surface area contributed by atoms with Crippen molar-refractivity contribution in [3.63, 3.8) is 0 Å². The summed E-state index contributed by atoms with van der Waals surface area (Å²) in [6.45, 7) is 0.478. The quantitative estimate of drug-likeness (QED) is 0.668. The first-order valence-corrected chi connectivity index (χ1v) is 7.30. The second-order valence-corrected chi connectivity index (χ2v) is 5.47. The van der Waals surface area contributed by atoms with Crippen LogP contribution in [0.3, 0.4) is 0 Å². The number of benzene rings is 1. The van der Waals surface area contributed by atoms with Crippen molar-refractivity contribution < 1.29 is 14.1 Å². The molecule has 0 saturated heterocycles. The molecule has 0 aromatic heterocycles. The van der Waals surface area contributed by atoms with Crippen LogP contribution in [0.2, 0.25) is 0 Å². The van der Waals surface area contributed by atoms with E-state index in [0.717, 1.165) is 24.6 Å². The Morgan fingerprint density at radius 1 is 1.33 bits per heavy atom. The SMILES string of the molecule is O=C(NCCC1CCCCC1)c1cc([N+](=O)[O-])ccc1F. The van der Waals surface area contributed by atoms with E-state index in [1.54, 1.807) is 0 Å². The number of nitro benzene ring substituents is 1. The average Bonchev–Trinajstić information content (AvgIpc) is 2.48. The maximum absolute atomic E-state index is 13.6. The fourth-order valence-electron chi connectivity index (χ4n) is 2.76. The Bertz CT molecular complexity index is 528. The Kier molecular flexibility index (Phi) is 5.25. The van der Waals surface area contributed by atoms with Crippen LogP contribution in [0.25, 0.3) is 0 Å². The third kappa shape index (κ3) is 4.24. The molecule has 1 aromatic rings. The van der Waals surface area contributed by atoms with E-state index < -0.39 is 16.6 Å². The summed E-state index contributed by atoms with van der Waals surface area (Å²) in [6, 6.07) is 2.98. The summed E-state index contributed by atoms with van der Waals surface area (Å²) in [4.78, 5) is 21.9. The van der Waals surface area contributed by atoms with Gasteiger partial charge < -0.3 is 5.32 Å². The van der Waals surface area contributed by atoms with E-state index in [-0.39, 0.29) is 11.3 Å². The van der Waals surface area contributed by atoms with Crippen molar-refractivity contribution in [1.29, 1.82) is 0 Å². The van der Waals surface area contributed by atoms with Gasteiger partial charge in [-0.25, -0.2) is 4.39 Å². The summed E-state index contributed by atoms with van der Waals surface area (Å²) in [6.07, 6.45) is 6.99. The highest BCUT2D eigenvalue weighted by Crippen LogP contribution is 2.25. The summed E-state index contributed by atoms with van der Waals surface area (Å²) in [7, 11) is 0. The van der Waals surface area contributed by atoms with Gasteiger partial charge in [0, 0.05) is 18.7 Å². The highest BCUT2D eigenvalue weighted by molar-refractivity contribution is 5.95. The number of rotatable bonds is 5. The molecule has 0 spiro atoms. The molecule has 1 aliphatic carbocycles. The summed E-state index contributed by atoms with van der Waals surface area (Å²) in [5.74, 6) is -0.711. The average molecular weight is 294 g/mol. The van der Waals surface area contributed by atoms with Crippen molar-refractivity contribution >= 4 is 11.6 Å². The molecule has 0 heterocycles. The maximum Gasteiger partial charge on any atom is 0.270 e. The van der Waals surface area contributed by atoms with Crippen LogP contribution in [-0.2, 0) is 0 Å². The van der Waals surface area contributed by atoms with E-state index in [1.165, 1.54) is 32.1 Å². The zero-order valence-electron chi connectivity index (χ0n) is 11.8. The zero-order chi connectivity index (χ0) is 15.2. The number of amides is 1. The number of nitrogens with one attached hydrogen (secondary N) is 1. The van der Waals surface area contributed by atoms with Crippen molar-refractivity contribution in [2.45, 2.75) is 38.5 Å². The zero-order valence-corrected chi connectivity index (χ0v) is 11.8. The lowest BCUT2D eigenvalue weighted by molar-refractivity contribution is -0.384. The Hall–Kier alpha value is -1.98. The molecule has 0 radical (unpaired) electrons. The molecule has 114 valence electrons. The number of non-ortho nitro benzene ring substituents is 1. The first kappa shape index (κ1) is 15.4. The molecule has 5 nitrogen and oxygen atoms in total. The lowest BCUT2D eigenvalue weighted by atomic mass is 9.87. The van der Waals surface area contributed by atoms with Gasteiger partial charge in [-0.3, -0.25) is 14.9 Å². The fourth-order valence-corrected chi connectivity index (χ4v) is 2.76. The molecule has 21 heavy (non-hydrogen) atoms. The van der Waals surface area contributed by atoms with Gasteiger partial charge in [-0.15, -0.1) is 0 Å². The minimum atomic E-state index is -0.740. The molecule has 0 bridgehead atoms. The third-order valence-corrected chi connectivity index (χ3v) is 3.97. The number of nitro groups is 1. The molecular weight excluding hydrogens is 275 g/mol. The van der Waals surface area contributed by atoms with Crippen molar-refractivity contribution in [2.75, 3.05) is 6.54 Å². The topological polar surface area (TPSA) is 72.2 Å². The van der Waals surface area contributed by atoms with Crippen LogP contribution in [0.4, 0.5) is 10.1 Å². The second kappa shape index (κ2) is 7.15. The lowest BCUT2D eigenvalue weighted by Gasteiger charge is -2.21. The number of carbonyl (C=O) groups is 1. The van der Waals surface area contributed by atoms with E-state index >= 15 is 0 Å². The number of carbonyl (C=O) groups excluding carboxylic acids is 1. The minimum Gasteiger partial charge on any atom is -0.352 e. The largest absolute Gasteiger partial charge is 0.352 e. The minimum absolute atomic E-state index is 0.271. The van der Waals surface area contributed by atoms with Crippen LogP contribution < -0.4 is 5.32 Å². The molecule has 1 amide bonds. The van der Waals surface area contributed by atoms with E-state index in [9.17, 15) is 19.3 Å². The van der Waals surface area contributed by atoms with E-state index in [0.29, 0.717) is 12.5 Å². The van der Waals surface area contributed by atoms with Gasteiger partial charge >= 0.3 is 0 Å². The molecule has 0 atom stereocenters. The molecular formula is C15H19FN2O3. The van der Waals surface area contributed by atoms with E-state index in [1.807, 2.05) is 0 Å². The first-order chi connectivity index (χ1) is 10.1. The van der Waals surface area contributed by atoms with Gasteiger partial charge in [0.25, 0.3) is 11.6 Å². The lowest BCUT2D eigenvalue weighted by Crippen LogP contribution is -2.27. The third-order valence-electron chi connectivity index (χ3n) is 3.97. The smallest absolute Gasteiger partial charge is 0.270 e. The van der Waals surface area contributed by atoms with Gasteiger partial charge in [0.05, 0.1) is 10.5 Å². The van der Waals surface area contributed by atoms with Crippen LogP contribution in [0.5, 0.6) is 0 Å². The predicted molar refractivity (Wildman–Crippen MR) is 76.6 cm³/mol. The second-order valence-electron chi connectivity index (χ2n) is 5.47. The van der Waals surface area contributed by atoms with Gasteiger partial charge in [0.15, 0.2) is 0 Å². The number of hydrogen-bond acceptors (Lipinski definition) is 3. The Morgan fingerprint density at radius 3 is 2.71 bits per heavy atom. The summed E-state index contributed by atoms with van der Waals surface area (Å²) < 4.78 is 13.6. The molecule has 2 rings (SSSR count). The molecule has 1 N–H and O–H groups in total. The Labute approximate surface area is 122 Å². The highest BCUT2D eigenvalue weighted by Gasteiger charge is 2.18. The van der Waals surface area contributed by atoms with Gasteiger partial charge in [-0.05, 0) is 18.4 Å². The molecule has 0 aliphatic heterocycles. The summed E-state index contributed by atoms with van der Waals surface area (Å²) >= 11 is 0. The van der Waals surface area contributed by atoms with Crippen molar-refractivity contribution in [1.82, 2.24) is 5.32 Å². The number of nitrogens with zero attached hydrogens (tertiary/aromatic N) is 1. The predicted octanol–water partition coefficient (Wildman–Crippen LogP) is 3.43. The van der Waals surface area contributed by atoms with Crippen LogP contribution >= 0.6 is 0 Å². The van der Waals surface area contributed by atoms with Crippen molar-refractivity contribution in [3.05, 3.63) is 39.7 Å². The molecule has 1 saturated carbocycles. The fraction of sp³-hybridized carbons (Fsp3) is 0.533. The highest BCUT2D eigenvalue weighted by atomic mass is 19.1. The monoisotopic (exact) mass is 294 g/mol. The van der Waals surface area contributed by atoms with Crippen LogP contribution in [-0.4, -0.2) is 17.4 Å². The van der Waals surface area contributed by atoms with Crippen molar-refractivity contribution in [3.8, 4) is 0 Å². The summed E-state index contributed by atoms with van der Waals surface area (Å²) in [5.41, 5.74) is -0.554. The molecule has 1 fully saturated rings. The summed E-state index contributed by atoms with van der Waals surface area (Å²) in [5, 5.41) is 13.3. The van der Waals surface area contributed by atoms with Gasteiger partial charge in [0.2, 0.25) is 0 Å². The van der Waals surface area contributed by atoms with Crippen molar-refractivity contribution in [2.24, 2.45) is 5.92 Å². The normalized spacial score (nSPS) is 15.7. The van der Waals surface area contributed by atoms with Gasteiger partial charge in [-0.2, -0.15) is 0 Å².